The van der Waals surface area contributed by atoms with Gasteiger partial charge in [-0.05, 0) is 28.7 Å². The van der Waals surface area contributed by atoms with E-state index in [0.29, 0.717) is 6.42 Å². The lowest BCUT2D eigenvalue weighted by Gasteiger charge is -2.25. The summed E-state index contributed by atoms with van der Waals surface area (Å²) in [5, 5.41) is 0. The molecule has 0 aromatic heterocycles. The molecule has 0 aliphatic heterocycles. The highest BCUT2D eigenvalue weighted by atomic mass is 16.1. The zero-order chi connectivity index (χ0) is 11.8. The number of amides is 1. The van der Waals surface area contributed by atoms with Crippen LogP contribution in [-0.2, 0) is 11.2 Å². The molecule has 1 amide bonds. The Morgan fingerprint density at radius 1 is 1.00 bits per heavy atom. The fourth-order valence-electron chi connectivity index (χ4n) is 2.59. The molecule has 0 saturated heterocycles. The van der Waals surface area contributed by atoms with Gasteiger partial charge in [-0.3, -0.25) is 4.79 Å². The summed E-state index contributed by atoms with van der Waals surface area (Å²) in [6, 6.07) is 16.2. The van der Waals surface area contributed by atoms with Crippen molar-refractivity contribution in [1.29, 1.82) is 0 Å². The maximum absolute atomic E-state index is 11.5. The van der Waals surface area contributed by atoms with Crippen molar-refractivity contribution in [2.45, 2.75) is 12.3 Å². The van der Waals surface area contributed by atoms with Gasteiger partial charge in [-0.25, -0.2) is 0 Å². The van der Waals surface area contributed by atoms with E-state index in [-0.39, 0.29) is 11.8 Å². The van der Waals surface area contributed by atoms with Crippen LogP contribution in [0.3, 0.4) is 0 Å². The predicted octanol–water partition coefficient (Wildman–Crippen LogP) is 2.48. The van der Waals surface area contributed by atoms with Crippen molar-refractivity contribution in [1.82, 2.24) is 0 Å². The van der Waals surface area contributed by atoms with Gasteiger partial charge in [-0.1, -0.05) is 48.5 Å². The average molecular weight is 223 g/mol. The molecule has 1 aliphatic rings. The minimum atomic E-state index is -0.244. The Bertz CT molecular complexity index is 589. The molecule has 84 valence electrons. The van der Waals surface area contributed by atoms with Crippen LogP contribution in [0.4, 0.5) is 0 Å². The molecule has 1 aliphatic carbocycles. The predicted molar refractivity (Wildman–Crippen MR) is 67.5 cm³/mol. The first-order valence-corrected chi connectivity index (χ1v) is 5.74. The number of hydrogen-bond acceptors (Lipinski definition) is 1. The van der Waals surface area contributed by atoms with Crippen molar-refractivity contribution < 1.29 is 4.79 Å². The standard InChI is InChI=1S/C15H13NO/c16-15(17)14-9-10-5-1-2-6-11(10)12-7-3-4-8-13(12)14/h1-8,14H,9H2,(H2,16,17). The maximum Gasteiger partial charge on any atom is 0.225 e. The summed E-state index contributed by atoms with van der Waals surface area (Å²) in [7, 11) is 0. The van der Waals surface area contributed by atoms with Crippen molar-refractivity contribution in [3.63, 3.8) is 0 Å². The van der Waals surface area contributed by atoms with Crippen LogP contribution in [0.15, 0.2) is 48.5 Å². The molecule has 0 heterocycles. The van der Waals surface area contributed by atoms with Crippen LogP contribution in [0.5, 0.6) is 0 Å². The van der Waals surface area contributed by atoms with Crippen LogP contribution >= 0.6 is 0 Å². The lowest BCUT2D eigenvalue weighted by atomic mass is 9.78. The highest BCUT2D eigenvalue weighted by molar-refractivity contribution is 5.88. The van der Waals surface area contributed by atoms with Gasteiger partial charge in [-0.15, -0.1) is 0 Å². The van der Waals surface area contributed by atoms with E-state index in [0.717, 1.165) is 11.1 Å². The van der Waals surface area contributed by atoms with Gasteiger partial charge in [0.1, 0.15) is 0 Å². The highest BCUT2D eigenvalue weighted by Gasteiger charge is 2.27. The summed E-state index contributed by atoms with van der Waals surface area (Å²) < 4.78 is 0. The summed E-state index contributed by atoms with van der Waals surface area (Å²) in [4.78, 5) is 11.5. The third-order valence-electron chi connectivity index (χ3n) is 3.41. The lowest BCUT2D eigenvalue weighted by Crippen LogP contribution is -2.26. The number of fused-ring (bicyclic) bond motifs is 3. The van der Waals surface area contributed by atoms with Gasteiger partial charge in [0.25, 0.3) is 0 Å². The van der Waals surface area contributed by atoms with E-state index < -0.39 is 0 Å². The maximum atomic E-state index is 11.5. The van der Waals surface area contributed by atoms with Crippen LogP contribution in [0.2, 0.25) is 0 Å². The third kappa shape index (κ3) is 1.53. The molecule has 0 radical (unpaired) electrons. The summed E-state index contributed by atoms with van der Waals surface area (Å²) in [5.74, 6) is -0.437. The Balaban J connectivity index is 2.26. The van der Waals surface area contributed by atoms with Crippen LogP contribution < -0.4 is 5.73 Å². The number of hydrogen-bond donors (Lipinski definition) is 1. The van der Waals surface area contributed by atoms with Gasteiger partial charge in [-0.2, -0.15) is 0 Å². The van der Waals surface area contributed by atoms with Gasteiger partial charge in [0.15, 0.2) is 0 Å². The molecule has 0 spiro atoms. The number of carbonyl (C=O) groups excluding carboxylic acids is 1. The summed E-state index contributed by atoms with van der Waals surface area (Å²) in [6.07, 6.45) is 0.711. The van der Waals surface area contributed by atoms with Crippen molar-refractivity contribution >= 4 is 5.91 Å². The lowest BCUT2D eigenvalue weighted by molar-refractivity contribution is -0.119. The van der Waals surface area contributed by atoms with Gasteiger partial charge in [0, 0.05) is 0 Å². The van der Waals surface area contributed by atoms with E-state index in [9.17, 15) is 4.79 Å². The molecule has 2 aromatic carbocycles. The Labute approximate surface area is 100 Å². The molecular formula is C15H13NO. The smallest absolute Gasteiger partial charge is 0.225 e. The molecular weight excluding hydrogens is 210 g/mol. The molecule has 0 saturated carbocycles. The van der Waals surface area contributed by atoms with E-state index in [1.54, 1.807) is 0 Å². The molecule has 2 heteroatoms. The number of rotatable bonds is 1. The molecule has 17 heavy (non-hydrogen) atoms. The molecule has 0 fully saturated rings. The second-order valence-electron chi connectivity index (χ2n) is 4.40. The minimum Gasteiger partial charge on any atom is -0.369 e. The normalized spacial score (nSPS) is 17.1. The molecule has 0 bridgehead atoms. The molecule has 2 N–H and O–H groups in total. The van der Waals surface area contributed by atoms with E-state index >= 15 is 0 Å². The average Bonchev–Trinajstić information content (AvgIpc) is 2.37. The third-order valence-corrected chi connectivity index (χ3v) is 3.41. The van der Waals surface area contributed by atoms with Gasteiger partial charge in [0.2, 0.25) is 5.91 Å². The fourth-order valence-corrected chi connectivity index (χ4v) is 2.59. The van der Waals surface area contributed by atoms with Crippen LogP contribution in [-0.4, -0.2) is 5.91 Å². The fraction of sp³-hybridized carbons (Fsp3) is 0.133. The second-order valence-corrected chi connectivity index (χ2v) is 4.40. The van der Waals surface area contributed by atoms with E-state index in [2.05, 4.69) is 18.2 Å². The molecule has 3 rings (SSSR count). The van der Waals surface area contributed by atoms with Crippen molar-refractivity contribution in [3.8, 4) is 11.1 Å². The van der Waals surface area contributed by atoms with E-state index in [1.165, 1.54) is 11.1 Å². The van der Waals surface area contributed by atoms with Crippen molar-refractivity contribution in [2.24, 2.45) is 5.73 Å². The first-order valence-electron chi connectivity index (χ1n) is 5.74. The van der Waals surface area contributed by atoms with Crippen molar-refractivity contribution in [3.05, 3.63) is 59.7 Å². The first kappa shape index (κ1) is 10.1. The topological polar surface area (TPSA) is 43.1 Å². The number of primary amides is 1. The SMILES string of the molecule is NC(=O)C1Cc2ccccc2-c2ccccc21. The van der Waals surface area contributed by atoms with E-state index in [4.69, 9.17) is 5.73 Å². The van der Waals surface area contributed by atoms with Crippen LogP contribution in [0.25, 0.3) is 11.1 Å². The van der Waals surface area contributed by atoms with Gasteiger partial charge < -0.3 is 5.73 Å². The summed E-state index contributed by atoms with van der Waals surface area (Å²) >= 11 is 0. The van der Waals surface area contributed by atoms with Crippen molar-refractivity contribution in [2.75, 3.05) is 0 Å². The number of carbonyl (C=O) groups is 1. The van der Waals surface area contributed by atoms with Gasteiger partial charge in [0.05, 0.1) is 5.92 Å². The largest absolute Gasteiger partial charge is 0.369 e. The summed E-state index contributed by atoms with van der Waals surface area (Å²) in [5.41, 5.74) is 10.1. The number of benzene rings is 2. The monoisotopic (exact) mass is 223 g/mol. The quantitative estimate of drug-likeness (QED) is 0.793. The Hall–Kier alpha value is -2.09. The minimum absolute atomic E-state index is 0.193. The Kier molecular flexibility index (Phi) is 2.22. The summed E-state index contributed by atoms with van der Waals surface area (Å²) in [6.45, 7) is 0. The molecule has 1 unspecified atom stereocenters. The van der Waals surface area contributed by atoms with E-state index in [1.807, 2.05) is 30.3 Å². The second kappa shape index (κ2) is 3.74. The zero-order valence-electron chi connectivity index (χ0n) is 9.39. The Morgan fingerprint density at radius 2 is 1.65 bits per heavy atom. The first-order chi connectivity index (χ1) is 8.27. The zero-order valence-corrected chi connectivity index (χ0v) is 9.39. The molecule has 2 nitrogen and oxygen atoms in total. The van der Waals surface area contributed by atoms with Crippen LogP contribution in [0, 0.1) is 0 Å². The number of nitrogens with two attached hydrogens (primary N) is 1. The molecule has 2 aromatic rings. The molecule has 1 atom stereocenters. The van der Waals surface area contributed by atoms with Gasteiger partial charge >= 0.3 is 0 Å². The Morgan fingerprint density at radius 3 is 2.41 bits per heavy atom. The van der Waals surface area contributed by atoms with Crippen LogP contribution in [0.1, 0.15) is 17.0 Å². The highest BCUT2D eigenvalue weighted by Crippen LogP contribution is 2.39.